The lowest BCUT2D eigenvalue weighted by Gasteiger charge is -2.30. The largest absolute Gasteiger partial charge is 0.355 e. The topological polar surface area (TPSA) is 49.4 Å². The second kappa shape index (κ2) is 8.78. The van der Waals surface area contributed by atoms with Crippen LogP contribution in [0, 0.1) is 5.41 Å². The minimum Gasteiger partial charge on any atom is -0.355 e. The van der Waals surface area contributed by atoms with E-state index in [9.17, 15) is 9.59 Å². The van der Waals surface area contributed by atoms with Crippen LogP contribution in [0.3, 0.4) is 0 Å². The van der Waals surface area contributed by atoms with Gasteiger partial charge in [-0.25, -0.2) is 0 Å². The zero-order chi connectivity index (χ0) is 20.1. The molecule has 0 aliphatic heterocycles. The Morgan fingerprint density at radius 3 is 2.25 bits per heavy atom. The summed E-state index contributed by atoms with van der Waals surface area (Å²) in [6.45, 7) is 5.03. The van der Waals surface area contributed by atoms with Crippen molar-refractivity contribution in [2.75, 3.05) is 6.54 Å². The zero-order valence-electron chi connectivity index (χ0n) is 16.5. The van der Waals surface area contributed by atoms with Crippen LogP contribution in [-0.2, 0) is 22.6 Å². The summed E-state index contributed by atoms with van der Waals surface area (Å²) in [5.74, 6) is -0.208. The van der Waals surface area contributed by atoms with Crippen molar-refractivity contribution in [1.29, 1.82) is 0 Å². The van der Waals surface area contributed by atoms with Gasteiger partial charge in [-0.05, 0) is 56.4 Å². The molecule has 0 bridgehead atoms. The average molecular weight is 399 g/mol. The Bertz CT molecular complexity index is 814. The lowest BCUT2D eigenvalue weighted by atomic mass is 10.0. The van der Waals surface area contributed by atoms with E-state index in [0.29, 0.717) is 37.4 Å². The van der Waals surface area contributed by atoms with Crippen molar-refractivity contribution in [3.63, 3.8) is 0 Å². The molecule has 1 aliphatic rings. The van der Waals surface area contributed by atoms with Crippen molar-refractivity contribution < 1.29 is 9.59 Å². The molecule has 2 aromatic carbocycles. The molecule has 2 amide bonds. The molecule has 0 aromatic heterocycles. The fourth-order valence-electron chi connectivity index (χ4n) is 3.35. The minimum atomic E-state index is -0.890. The molecular formula is C23H27ClN2O2. The first-order chi connectivity index (χ1) is 13.4. The molecule has 0 saturated heterocycles. The number of carbonyl (C=O) groups is 2. The summed E-state index contributed by atoms with van der Waals surface area (Å²) in [4.78, 5) is 27.9. The van der Waals surface area contributed by atoms with E-state index in [4.69, 9.17) is 11.6 Å². The Morgan fingerprint density at radius 1 is 1.04 bits per heavy atom. The highest BCUT2D eigenvalue weighted by atomic mass is 35.5. The van der Waals surface area contributed by atoms with Gasteiger partial charge in [-0.1, -0.05) is 54.1 Å². The molecule has 4 nitrogen and oxygen atoms in total. The molecule has 3 rings (SSSR count). The van der Waals surface area contributed by atoms with E-state index in [1.165, 1.54) is 0 Å². The highest BCUT2D eigenvalue weighted by Crippen LogP contribution is 2.48. The number of amides is 2. The standard InChI is InChI=1S/C23H27ClN2O2/c1-17(2)26(16-19-6-4-3-5-7-19)22(28)23(13-14-23)21(27)25-15-12-18-8-10-20(24)11-9-18/h3-11,17H,12-16H2,1-2H3,(H,25,27). The molecule has 148 valence electrons. The number of carbonyl (C=O) groups excluding carboxylic acids is 2. The fraction of sp³-hybridized carbons (Fsp3) is 0.391. The Balaban J connectivity index is 1.60. The molecule has 0 heterocycles. The van der Waals surface area contributed by atoms with Crippen molar-refractivity contribution in [2.45, 2.75) is 45.7 Å². The highest BCUT2D eigenvalue weighted by molar-refractivity contribution is 6.30. The summed E-state index contributed by atoms with van der Waals surface area (Å²) in [6.07, 6.45) is 1.96. The number of halogens is 1. The van der Waals surface area contributed by atoms with Gasteiger partial charge in [0.05, 0.1) is 0 Å². The lowest BCUT2D eigenvalue weighted by molar-refractivity contribution is -0.146. The van der Waals surface area contributed by atoms with E-state index in [1.807, 2.05) is 73.3 Å². The number of nitrogens with zero attached hydrogens (tertiary/aromatic N) is 1. The van der Waals surface area contributed by atoms with Crippen LogP contribution in [0.25, 0.3) is 0 Å². The maximum absolute atomic E-state index is 13.2. The smallest absolute Gasteiger partial charge is 0.238 e. The molecule has 2 aromatic rings. The predicted octanol–water partition coefficient (Wildman–Crippen LogP) is 4.22. The maximum Gasteiger partial charge on any atom is 0.238 e. The maximum atomic E-state index is 13.2. The van der Waals surface area contributed by atoms with Crippen molar-refractivity contribution in [1.82, 2.24) is 10.2 Å². The number of rotatable bonds is 8. The Hall–Kier alpha value is -2.33. The van der Waals surface area contributed by atoms with Crippen LogP contribution >= 0.6 is 11.6 Å². The molecule has 0 atom stereocenters. The van der Waals surface area contributed by atoms with E-state index in [1.54, 1.807) is 0 Å². The summed E-state index contributed by atoms with van der Waals surface area (Å²) in [7, 11) is 0. The van der Waals surface area contributed by atoms with E-state index < -0.39 is 5.41 Å². The number of benzene rings is 2. The van der Waals surface area contributed by atoms with Crippen LogP contribution in [-0.4, -0.2) is 29.3 Å². The first-order valence-corrected chi connectivity index (χ1v) is 10.2. The quantitative estimate of drug-likeness (QED) is 0.677. The van der Waals surface area contributed by atoms with Crippen LogP contribution in [0.15, 0.2) is 54.6 Å². The Kier molecular flexibility index (Phi) is 6.40. The molecule has 1 N–H and O–H groups in total. The minimum absolute atomic E-state index is 0.0343. The lowest BCUT2D eigenvalue weighted by Crippen LogP contribution is -2.47. The van der Waals surface area contributed by atoms with Gasteiger partial charge in [-0.15, -0.1) is 0 Å². The molecule has 0 radical (unpaired) electrons. The molecule has 0 unspecified atom stereocenters. The first-order valence-electron chi connectivity index (χ1n) is 9.80. The second-order valence-electron chi connectivity index (χ2n) is 7.73. The summed E-state index contributed by atoms with van der Waals surface area (Å²) < 4.78 is 0. The molecule has 0 spiro atoms. The van der Waals surface area contributed by atoms with Gasteiger partial charge >= 0.3 is 0 Å². The zero-order valence-corrected chi connectivity index (χ0v) is 17.2. The van der Waals surface area contributed by atoms with Gasteiger partial charge in [0.25, 0.3) is 0 Å². The summed E-state index contributed by atoms with van der Waals surface area (Å²) >= 11 is 5.90. The van der Waals surface area contributed by atoms with Gasteiger partial charge in [-0.3, -0.25) is 9.59 Å². The van der Waals surface area contributed by atoms with Crippen molar-refractivity contribution in [3.05, 3.63) is 70.7 Å². The molecule has 1 fully saturated rings. The predicted molar refractivity (Wildman–Crippen MR) is 112 cm³/mol. The van der Waals surface area contributed by atoms with E-state index in [0.717, 1.165) is 11.1 Å². The molecular weight excluding hydrogens is 372 g/mol. The fourth-order valence-corrected chi connectivity index (χ4v) is 3.47. The third kappa shape index (κ3) is 4.74. The van der Waals surface area contributed by atoms with Crippen LogP contribution in [0.1, 0.15) is 37.8 Å². The van der Waals surface area contributed by atoms with Gasteiger partial charge in [0, 0.05) is 24.2 Å². The molecule has 1 aliphatic carbocycles. The van der Waals surface area contributed by atoms with Gasteiger partial charge in [0.2, 0.25) is 11.8 Å². The van der Waals surface area contributed by atoms with Gasteiger partial charge < -0.3 is 10.2 Å². The van der Waals surface area contributed by atoms with Gasteiger partial charge in [0.1, 0.15) is 5.41 Å². The van der Waals surface area contributed by atoms with Gasteiger partial charge in [0.15, 0.2) is 0 Å². The molecule has 5 heteroatoms. The summed E-state index contributed by atoms with van der Waals surface area (Å²) in [5.41, 5.74) is 1.29. The van der Waals surface area contributed by atoms with E-state index in [-0.39, 0.29) is 17.9 Å². The number of hydrogen-bond donors (Lipinski definition) is 1. The third-order valence-electron chi connectivity index (χ3n) is 5.29. The summed E-state index contributed by atoms with van der Waals surface area (Å²) in [5, 5.41) is 3.66. The third-order valence-corrected chi connectivity index (χ3v) is 5.54. The highest BCUT2D eigenvalue weighted by Gasteiger charge is 2.58. The van der Waals surface area contributed by atoms with Crippen LogP contribution in [0.2, 0.25) is 5.02 Å². The Morgan fingerprint density at radius 2 is 1.68 bits per heavy atom. The second-order valence-corrected chi connectivity index (χ2v) is 8.16. The van der Waals surface area contributed by atoms with E-state index >= 15 is 0 Å². The van der Waals surface area contributed by atoms with Crippen molar-refractivity contribution in [2.24, 2.45) is 5.41 Å². The van der Waals surface area contributed by atoms with Crippen LogP contribution < -0.4 is 5.32 Å². The van der Waals surface area contributed by atoms with E-state index in [2.05, 4.69) is 5.32 Å². The molecule has 28 heavy (non-hydrogen) atoms. The normalized spacial score (nSPS) is 14.6. The molecule has 1 saturated carbocycles. The Labute approximate surface area is 171 Å². The SMILES string of the molecule is CC(C)N(Cc1ccccc1)C(=O)C1(C(=O)NCCc2ccc(Cl)cc2)CC1. The first kappa shape index (κ1) is 20.4. The van der Waals surface area contributed by atoms with Crippen LogP contribution in [0.5, 0.6) is 0 Å². The van der Waals surface area contributed by atoms with Gasteiger partial charge in [-0.2, -0.15) is 0 Å². The monoisotopic (exact) mass is 398 g/mol. The average Bonchev–Trinajstić information content (AvgIpc) is 3.50. The van der Waals surface area contributed by atoms with Crippen LogP contribution in [0.4, 0.5) is 0 Å². The number of nitrogens with one attached hydrogen (secondary N) is 1. The summed E-state index contributed by atoms with van der Waals surface area (Å²) in [6, 6.07) is 17.5. The number of hydrogen-bond acceptors (Lipinski definition) is 2. The van der Waals surface area contributed by atoms with Crippen molar-refractivity contribution in [3.8, 4) is 0 Å². The van der Waals surface area contributed by atoms with Crippen molar-refractivity contribution >= 4 is 23.4 Å².